The van der Waals surface area contributed by atoms with E-state index in [4.69, 9.17) is 12.2 Å². The molecule has 2 aromatic carbocycles. The SMILES string of the molecule is Cc1ccc(NC(=O)CN2C(=O)/C(=C3\SC(=S)N(C)C3=O)c3ccccc32)cc1. The predicted octanol–water partition coefficient (Wildman–Crippen LogP) is 3.18. The zero-order valence-electron chi connectivity index (χ0n) is 15.8. The van der Waals surface area contributed by atoms with Crippen LogP contribution in [0.3, 0.4) is 0 Å². The van der Waals surface area contributed by atoms with E-state index < -0.39 is 0 Å². The molecule has 4 rings (SSSR count). The number of amides is 3. The summed E-state index contributed by atoms with van der Waals surface area (Å²) in [5.74, 6) is -0.996. The van der Waals surface area contributed by atoms with Gasteiger partial charge in [0.25, 0.3) is 11.8 Å². The molecule has 0 aromatic heterocycles. The van der Waals surface area contributed by atoms with Crippen LogP contribution in [0.2, 0.25) is 0 Å². The Morgan fingerprint density at radius 1 is 1.07 bits per heavy atom. The van der Waals surface area contributed by atoms with E-state index in [-0.39, 0.29) is 24.3 Å². The second kappa shape index (κ2) is 7.46. The normalized spacial score (nSPS) is 18.5. The molecule has 6 nitrogen and oxygen atoms in total. The average molecular weight is 424 g/mol. The maximum absolute atomic E-state index is 13.2. The fraction of sp³-hybridized carbons (Fsp3) is 0.143. The molecule has 0 atom stereocenters. The van der Waals surface area contributed by atoms with Crippen LogP contribution < -0.4 is 10.2 Å². The van der Waals surface area contributed by atoms with Crippen LogP contribution in [0.4, 0.5) is 11.4 Å². The number of benzene rings is 2. The molecule has 29 heavy (non-hydrogen) atoms. The van der Waals surface area contributed by atoms with Gasteiger partial charge in [0, 0.05) is 18.3 Å². The molecule has 0 spiro atoms. The first kappa shape index (κ1) is 19.4. The number of carbonyl (C=O) groups excluding carboxylic acids is 3. The Hall–Kier alpha value is -2.97. The number of aryl methyl sites for hydroxylation is 1. The van der Waals surface area contributed by atoms with Gasteiger partial charge in [0.15, 0.2) is 0 Å². The second-order valence-electron chi connectivity index (χ2n) is 6.76. The maximum atomic E-state index is 13.2. The van der Waals surface area contributed by atoms with E-state index in [0.717, 1.165) is 17.3 Å². The van der Waals surface area contributed by atoms with Crippen LogP contribution in [0.5, 0.6) is 0 Å². The molecule has 1 saturated heterocycles. The van der Waals surface area contributed by atoms with Crippen LogP contribution in [0.1, 0.15) is 11.1 Å². The zero-order chi connectivity index (χ0) is 20.7. The van der Waals surface area contributed by atoms with Gasteiger partial charge in [-0.05, 0) is 25.1 Å². The summed E-state index contributed by atoms with van der Waals surface area (Å²) in [6.07, 6.45) is 0. The van der Waals surface area contributed by atoms with Gasteiger partial charge >= 0.3 is 0 Å². The summed E-state index contributed by atoms with van der Waals surface area (Å²) in [6.45, 7) is 1.81. The Morgan fingerprint density at radius 2 is 1.76 bits per heavy atom. The topological polar surface area (TPSA) is 69.7 Å². The highest BCUT2D eigenvalue weighted by Crippen LogP contribution is 2.44. The van der Waals surface area contributed by atoms with E-state index in [0.29, 0.717) is 31.7 Å². The van der Waals surface area contributed by atoms with E-state index in [1.165, 1.54) is 9.80 Å². The lowest BCUT2D eigenvalue weighted by molar-refractivity contribution is -0.121. The molecular weight excluding hydrogens is 406 g/mol. The zero-order valence-corrected chi connectivity index (χ0v) is 17.4. The summed E-state index contributed by atoms with van der Waals surface area (Å²) in [5.41, 5.74) is 3.28. The van der Waals surface area contributed by atoms with Gasteiger partial charge in [-0.2, -0.15) is 0 Å². The highest BCUT2D eigenvalue weighted by molar-refractivity contribution is 8.26. The quantitative estimate of drug-likeness (QED) is 0.607. The average Bonchev–Trinajstić information content (AvgIpc) is 3.11. The van der Waals surface area contributed by atoms with Crippen LogP contribution in [0, 0.1) is 6.92 Å². The Morgan fingerprint density at radius 3 is 2.41 bits per heavy atom. The van der Waals surface area contributed by atoms with Gasteiger partial charge in [0.2, 0.25) is 5.91 Å². The van der Waals surface area contributed by atoms with Crippen LogP contribution in [-0.2, 0) is 14.4 Å². The van der Waals surface area contributed by atoms with Crippen molar-refractivity contribution in [3.05, 3.63) is 64.6 Å². The second-order valence-corrected chi connectivity index (χ2v) is 8.40. The summed E-state index contributed by atoms with van der Waals surface area (Å²) in [5, 5.41) is 2.80. The Kier molecular flexibility index (Phi) is 4.97. The smallest absolute Gasteiger partial charge is 0.266 e. The molecule has 2 aromatic rings. The highest BCUT2D eigenvalue weighted by atomic mass is 32.2. The number of rotatable bonds is 3. The van der Waals surface area contributed by atoms with E-state index in [1.807, 2.05) is 31.2 Å². The number of hydrogen-bond donors (Lipinski definition) is 1. The highest BCUT2D eigenvalue weighted by Gasteiger charge is 2.41. The van der Waals surface area contributed by atoms with Gasteiger partial charge in [-0.15, -0.1) is 0 Å². The van der Waals surface area contributed by atoms with E-state index in [2.05, 4.69) is 5.32 Å². The molecular formula is C21H17N3O3S2. The van der Waals surface area contributed by atoms with Crippen molar-refractivity contribution < 1.29 is 14.4 Å². The minimum Gasteiger partial charge on any atom is -0.325 e. The third-order valence-electron chi connectivity index (χ3n) is 4.75. The largest absolute Gasteiger partial charge is 0.325 e. The fourth-order valence-electron chi connectivity index (χ4n) is 3.23. The first-order valence-corrected chi connectivity index (χ1v) is 10.1. The molecule has 8 heteroatoms. The third-order valence-corrected chi connectivity index (χ3v) is 6.30. The molecule has 0 aliphatic carbocycles. The van der Waals surface area contributed by atoms with E-state index in [1.54, 1.807) is 31.3 Å². The number of para-hydroxylation sites is 1. The molecule has 1 N–H and O–H groups in total. The number of nitrogens with zero attached hydrogens (tertiary/aromatic N) is 2. The first-order valence-electron chi connectivity index (χ1n) is 8.88. The van der Waals surface area contributed by atoms with Crippen molar-refractivity contribution in [3.8, 4) is 0 Å². The van der Waals surface area contributed by atoms with Crippen LogP contribution >= 0.6 is 24.0 Å². The molecule has 1 fully saturated rings. The number of hydrogen-bond acceptors (Lipinski definition) is 5. The number of likely N-dealkylation sites (N-methyl/N-ethyl adjacent to an activating group) is 1. The molecule has 0 saturated carbocycles. The number of carbonyl (C=O) groups is 3. The lowest BCUT2D eigenvalue weighted by Gasteiger charge is -2.16. The molecule has 0 unspecified atom stereocenters. The van der Waals surface area contributed by atoms with Crippen LogP contribution in [0.25, 0.3) is 5.57 Å². The molecule has 2 aliphatic rings. The Labute approximate surface area is 177 Å². The minimum absolute atomic E-state index is 0.153. The number of anilines is 2. The van der Waals surface area contributed by atoms with Crippen molar-refractivity contribution in [3.63, 3.8) is 0 Å². The van der Waals surface area contributed by atoms with Gasteiger partial charge in [0.1, 0.15) is 10.9 Å². The van der Waals surface area contributed by atoms with Crippen molar-refractivity contribution >= 4 is 63.0 Å². The van der Waals surface area contributed by atoms with Gasteiger partial charge in [-0.25, -0.2) is 0 Å². The molecule has 3 amide bonds. The van der Waals surface area contributed by atoms with Crippen molar-refractivity contribution in [2.45, 2.75) is 6.92 Å². The number of fused-ring (bicyclic) bond motifs is 1. The monoisotopic (exact) mass is 423 g/mol. The number of nitrogens with one attached hydrogen (secondary N) is 1. The van der Waals surface area contributed by atoms with Crippen molar-refractivity contribution in [1.29, 1.82) is 0 Å². The fourth-order valence-corrected chi connectivity index (χ4v) is 4.48. The number of thiocarbonyl (C=S) groups is 1. The van der Waals surface area contributed by atoms with Gasteiger partial charge < -0.3 is 5.32 Å². The molecule has 0 bridgehead atoms. The van der Waals surface area contributed by atoms with Gasteiger partial charge in [-0.1, -0.05) is 59.9 Å². The maximum Gasteiger partial charge on any atom is 0.266 e. The van der Waals surface area contributed by atoms with E-state index >= 15 is 0 Å². The van der Waals surface area contributed by atoms with E-state index in [9.17, 15) is 14.4 Å². The van der Waals surface area contributed by atoms with Gasteiger partial charge in [-0.3, -0.25) is 24.2 Å². The first-order chi connectivity index (χ1) is 13.9. The van der Waals surface area contributed by atoms with Crippen LogP contribution in [0.15, 0.2) is 53.4 Å². The third kappa shape index (κ3) is 3.45. The summed E-state index contributed by atoms with van der Waals surface area (Å²) < 4.78 is 0.401. The van der Waals surface area contributed by atoms with Crippen LogP contribution in [-0.4, -0.2) is 40.5 Å². The standard InChI is InChI=1S/C21H17N3O3S2/c1-12-7-9-13(10-8-12)22-16(25)11-24-15-6-4-3-5-14(15)17(19(24)26)18-20(27)23(2)21(28)29-18/h3-10H,11H2,1-2H3,(H,22,25)/b18-17-. The Bertz CT molecular complexity index is 1090. The lowest BCUT2D eigenvalue weighted by atomic mass is 10.1. The number of thioether (sulfide) groups is 1. The predicted molar refractivity (Wildman–Crippen MR) is 118 cm³/mol. The van der Waals surface area contributed by atoms with Gasteiger partial charge in [0.05, 0.1) is 16.2 Å². The Balaban J connectivity index is 1.65. The van der Waals surface area contributed by atoms with Crippen molar-refractivity contribution in [2.75, 3.05) is 23.8 Å². The summed E-state index contributed by atoms with van der Waals surface area (Å²) in [4.78, 5) is 41.4. The molecule has 146 valence electrons. The molecule has 2 aliphatic heterocycles. The summed E-state index contributed by atoms with van der Waals surface area (Å²) >= 11 is 6.31. The molecule has 0 radical (unpaired) electrons. The minimum atomic E-state index is -0.376. The molecule has 2 heterocycles. The van der Waals surface area contributed by atoms with Crippen molar-refractivity contribution in [1.82, 2.24) is 4.90 Å². The lowest BCUT2D eigenvalue weighted by Crippen LogP contribution is -2.35. The summed E-state index contributed by atoms with van der Waals surface area (Å²) in [6, 6.07) is 14.6. The van der Waals surface area contributed by atoms with Crippen molar-refractivity contribution in [2.24, 2.45) is 0 Å². The summed E-state index contributed by atoms with van der Waals surface area (Å²) in [7, 11) is 1.59.